The highest BCUT2D eigenvalue weighted by atomic mass is 16.5. The average Bonchev–Trinajstić information content (AvgIpc) is 2.45. The van der Waals surface area contributed by atoms with Gasteiger partial charge >= 0.3 is 0 Å². The Labute approximate surface area is 120 Å². The van der Waals surface area contributed by atoms with E-state index in [2.05, 4.69) is 5.32 Å². The number of amides is 1. The van der Waals surface area contributed by atoms with Crippen LogP contribution in [0.2, 0.25) is 0 Å². The third-order valence-corrected chi connectivity index (χ3v) is 3.39. The van der Waals surface area contributed by atoms with Crippen LogP contribution in [0.4, 0.5) is 0 Å². The largest absolute Gasteiger partial charge is 0.497 e. The lowest BCUT2D eigenvalue weighted by molar-refractivity contribution is -0.118. The molecule has 1 rings (SSSR count). The normalized spacial score (nSPS) is 14.0. The molecular formula is C16H23NO3. The van der Waals surface area contributed by atoms with Crippen LogP contribution >= 0.6 is 0 Å². The Bertz CT molecular complexity index is 471. The van der Waals surface area contributed by atoms with Gasteiger partial charge in [-0.2, -0.15) is 0 Å². The molecule has 2 N–H and O–H groups in total. The van der Waals surface area contributed by atoms with E-state index in [1.807, 2.05) is 38.1 Å². The van der Waals surface area contributed by atoms with Crippen molar-refractivity contribution in [3.8, 4) is 5.75 Å². The molecule has 0 aliphatic rings. The van der Waals surface area contributed by atoms with Crippen molar-refractivity contribution in [2.24, 2.45) is 0 Å². The minimum absolute atomic E-state index is 0.0597. The van der Waals surface area contributed by atoms with Gasteiger partial charge in [-0.1, -0.05) is 19.1 Å². The van der Waals surface area contributed by atoms with Gasteiger partial charge in [0.05, 0.1) is 7.11 Å². The summed E-state index contributed by atoms with van der Waals surface area (Å²) in [6, 6.07) is 7.49. The Morgan fingerprint density at radius 3 is 2.85 bits per heavy atom. The van der Waals surface area contributed by atoms with Crippen LogP contribution in [0.15, 0.2) is 30.3 Å². The van der Waals surface area contributed by atoms with Gasteiger partial charge in [-0.3, -0.25) is 4.79 Å². The molecule has 110 valence electrons. The molecule has 0 aliphatic carbocycles. The van der Waals surface area contributed by atoms with Gasteiger partial charge in [0.15, 0.2) is 0 Å². The van der Waals surface area contributed by atoms with Crippen LogP contribution in [0, 0.1) is 0 Å². The number of hydrogen-bond donors (Lipinski definition) is 2. The fraction of sp³-hybridized carbons (Fsp3) is 0.438. The molecular weight excluding hydrogens is 254 g/mol. The Morgan fingerprint density at radius 2 is 2.25 bits per heavy atom. The molecule has 0 heterocycles. The quantitative estimate of drug-likeness (QED) is 0.752. The van der Waals surface area contributed by atoms with Gasteiger partial charge in [0.1, 0.15) is 5.75 Å². The van der Waals surface area contributed by atoms with Gasteiger partial charge in [0, 0.05) is 18.2 Å². The summed E-state index contributed by atoms with van der Waals surface area (Å²) in [7, 11) is 1.61. The third-order valence-electron chi connectivity index (χ3n) is 3.39. The molecule has 4 nitrogen and oxygen atoms in total. The molecule has 1 unspecified atom stereocenters. The Hall–Kier alpha value is -1.81. The number of aliphatic hydroxyl groups is 1. The number of hydrogen-bond acceptors (Lipinski definition) is 3. The van der Waals surface area contributed by atoms with Crippen molar-refractivity contribution in [2.45, 2.75) is 32.2 Å². The lowest BCUT2D eigenvalue weighted by atomic mass is 9.95. The number of rotatable bonds is 7. The maximum absolute atomic E-state index is 11.9. The maximum atomic E-state index is 11.9. The third kappa shape index (κ3) is 5.05. The summed E-state index contributed by atoms with van der Waals surface area (Å²) in [5.74, 6) is 0.594. The van der Waals surface area contributed by atoms with Crippen molar-refractivity contribution in [3.63, 3.8) is 0 Å². The standard InChI is InChI=1S/C16H23NO3/c1-4-16(2,10-11-18)17-15(19)9-8-13-6-5-7-14(12-13)20-3/h5-9,12,18H,4,10-11H2,1-3H3,(H,17,19)/b9-8+. The second kappa shape index (κ2) is 7.70. The number of nitrogens with one attached hydrogen (secondary N) is 1. The summed E-state index contributed by atoms with van der Waals surface area (Å²) >= 11 is 0. The van der Waals surface area contributed by atoms with Crippen LogP contribution in [0.25, 0.3) is 6.08 Å². The number of carbonyl (C=O) groups is 1. The fourth-order valence-corrected chi connectivity index (χ4v) is 1.83. The van der Waals surface area contributed by atoms with E-state index in [1.165, 1.54) is 6.08 Å². The van der Waals surface area contributed by atoms with E-state index in [4.69, 9.17) is 9.84 Å². The molecule has 0 spiro atoms. The first-order chi connectivity index (χ1) is 9.53. The van der Waals surface area contributed by atoms with E-state index in [-0.39, 0.29) is 18.1 Å². The van der Waals surface area contributed by atoms with Gasteiger partial charge in [-0.25, -0.2) is 0 Å². The first kappa shape index (κ1) is 16.2. The Kier molecular flexibility index (Phi) is 6.25. The molecule has 0 fully saturated rings. The van der Waals surface area contributed by atoms with Gasteiger partial charge in [0.2, 0.25) is 5.91 Å². The topological polar surface area (TPSA) is 58.6 Å². The molecule has 0 bridgehead atoms. The highest BCUT2D eigenvalue weighted by Gasteiger charge is 2.22. The Balaban J connectivity index is 2.67. The summed E-state index contributed by atoms with van der Waals surface area (Å²) in [6.45, 7) is 3.98. The van der Waals surface area contributed by atoms with Crippen molar-refractivity contribution in [1.29, 1.82) is 0 Å². The molecule has 1 aromatic carbocycles. The molecule has 1 amide bonds. The SMILES string of the molecule is CCC(C)(CCO)NC(=O)/C=C/c1cccc(OC)c1. The zero-order valence-corrected chi connectivity index (χ0v) is 12.3. The Morgan fingerprint density at radius 1 is 1.50 bits per heavy atom. The van der Waals surface area contributed by atoms with Crippen LogP contribution in [0.1, 0.15) is 32.3 Å². The molecule has 0 aliphatic heterocycles. The number of carbonyl (C=O) groups excluding carboxylic acids is 1. The molecule has 1 atom stereocenters. The number of ether oxygens (including phenoxy) is 1. The summed E-state index contributed by atoms with van der Waals surface area (Å²) in [5, 5.41) is 12.0. The lowest BCUT2D eigenvalue weighted by Gasteiger charge is -2.28. The first-order valence-corrected chi connectivity index (χ1v) is 6.78. The zero-order valence-electron chi connectivity index (χ0n) is 12.3. The predicted octanol–water partition coefficient (Wildman–Crippen LogP) is 2.38. The molecule has 20 heavy (non-hydrogen) atoms. The molecule has 0 saturated carbocycles. The monoisotopic (exact) mass is 277 g/mol. The van der Waals surface area contributed by atoms with Crippen LogP contribution in [-0.4, -0.2) is 30.3 Å². The van der Waals surface area contributed by atoms with E-state index in [0.29, 0.717) is 6.42 Å². The maximum Gasteiger partial charge on any atom is 0.244 e. The van der Waals surface area contributed by atoms with Crippen molar-refractivity contribution in [3.05, 3.63) is 35.9 Å². The van der Waals surface area contributed by atoms with Crippen LogP contribution < -0.4 is 10.1 Å². The van der Waals surface area contributed by atoms with Crippen LogP contribution in [-0.2, 0) is 4.79 Å². The molecule has 4 heteroatoms. The second-order valence-electron chi connectivity index (χ2n) is 4.99. The summed E-state index contributed by atoms with van der Waals surface area (Å²) < 4.78 is 5.13. The van der Waals surface area contributed by atoms with Crippen LogP contribution in [0.5, 0.6) is 5.75 Å². The number of methoxy groups -OCH3 is 1. The number of aliphatic hydroxyl groups excluding tert-OH is 1. The average molecular weight is 277 g/mol. The number of benzene rings is 1. The van der Waals surface area contributed by atoms with E-state index in [0.717, 1.165) is 17.7 Å². The highest BCUT2D eigenvalue weighted by Crippen LogP contribution is 2.15. The zero-order chi connectivity index (χ0) is 15.0. The van der Waals surface area contributed by atoms with E-state index >= 15 is 0 Å². The summed E-state index contributed by atoms with van der Waals surface area (Å²) in [4.78, 5) is 11.9. The van der Waals surface area contributed by atoms with Gasteiger partial charge in [-0.05, 0) is 43.5 Å². The smallest absolute Gasteiger partial charge is 0.244 e. The summed E-state index contributed by atoms with van der Waals surface area (Å²) in [6.07, 6.45) is 4.56. The fourth-order valence-electron chi connectivity index (χ4n) is 1.83. The van der Waals surface area contributed by atoms with Gasteiger partial charge in [0.25, 0.3) is 0 Å². The van der Waals surface area contributed by atoms with E-state index in [1.54, 1.807) is 13.2 Å². The first-order valence-electron chi connectivity index (χ1n) is 6.78. The van der Waals surface area contributed by atoms with Crippen LogP contribution in [0.3, 0.4) is 0 Å². The second-order valence-corrected chi connectivity index (χ2v) is 4.99. The molecule has 0 saturated heterocycles. The molecule has 0 aromatic heterocycles. The van der Waals surface area contributed by atoms with E-state index < -0.39 is 0 Å². The van der Waals surface area contributed by atoms with Crippen molar-refractivity contribution in [2.75, 3.05) is 13.7 Å². The van der Waals surface area contributed by atoms with Crippen molar-refractivity contribution in [1.82, 2.24) is 5.32 Å². The lowest BCUT2D eigenvalue weighted by Crippen LogP contribution is -2.45. The molecule has 1 aromatic rings. The molecule has 0 radical (unpaired) electrons. The minimum atomic E-state index is -0.370. The van der Waals surface area contributed by atoms with E-state index in [9.17, 15) is 4.79 Å². The predicted molar refractivity (Wildman–Crippen MR) is 80.6 cm³/mol. The van der Waals surface area contributed by atoms with Crippen molar-refractivity contribution < 1.29 is 14.6 Å². The summed E-state index contributed by atoms with van der Waals surface area (Å²) in [5.41, 5.74) is 0.532. The van der Waals surface area contributed by atoms with Gasteiger partial charge in [-0.15, -0.1) is 0 Å². The minimum Gasteiger partial charge on any atom is -0.497 e. The highest BCUT2D eigenvalue weighted by molar-refractivity contribution is 5.92. The van der Waals surface area contributed by atoms with Gasteiger partial charge < -0.3 is 15.2 Å². The van der Waals surface area contributed by atoms with Crippen molar-refractivity contribution >= 4 is 12.0 Å².